The second kappa shape index (κ2) is 5.06. The van der Waals surface area contributed by atoms with Crippen molar-refractivity contribution < 1.29 is 4.74 Å². The molecule has 1 aromatic heterocycles. The van der Waals surface area contributed by atoms with E-state index in [1.165, 1.54) is 6.33 Å². The summed E-state index contributed by atoms with van der Waals surface area (Å²) in [6.07, 6.45) is 3.14. The number of para-hydroxylation sites is 1. The third-order valence-electron chi connectivity index (χ3n) is 2.54. The summed E-state index contributed by atoms with van der Waals surface area (Å²) in [5, 5.41) is 0. The highest BCUT2D eigenvalue weighted by Gasteiger charge is 2.19. The second-order valence-corrected chi connectivity index (χ2v) is 5.88. The molecule has 18 heavy (non-hydrogen) atoms. The van der Waals surface area contributed by atoms with E-state index in [9.17, 15) is 0 Å². The average Bonchev–Trinajstić information content (AvgIpc) is 2.31. The van der Waals surface area contributed by atoms with E-state index in [0.717, 1.165) is 15.8 Å². The first kappa shape index (κ1) is 13.0. The quantitative estimate of drug-likeness (QED) is 0.828. The Morgan fingerprint density at radius 2 is 1.89 bits per heavy atom. The van der Waals surface area contributed by atoms with Gasteiger partial charge in [0.1, 0.15) is 12.1 Å². The summed E-state index contributed by atoms with van der Waals surface area (Å²) in [5.74, 6) is 1.35. The first-order valence-electron chi connectivity index (χ1n) is 5.71. The summed E-state index contributed by atoms with van der Waals surface area (Å²) in [6, 6.07) is 8.00. The van der Waals surface area contributed by atoms with Gasteiger partial charge in [0.2, 0.25) is 5.88 Å². The van der Waals surface area contributed by atoms with Gasteiger partial charge in [-0.1, -0.05) is 39.0 Å². The lowest BCUT2D eigenvalue weighted by Gasteiger charge is -2.22. The lowest BCUT2D eigenvalue weighted by atomic mass is 9.86. The summed E-state index contributed by atoms with van der Waals surface area (Å²) in [7, 11) is 0. The smallest absolute Gasteiger partial charge is 0.236 e. The fourth-order valence-electron chi connectivity index (χ4n) is 1.66. The van der Waals surface area contributed by atoms with Crippen molar-refractivity contribution in [2.24, 2.45) is 0 Å². The van der Waals surface area contributed by atoms with Crippen LogP contribution < -0.4 is 4.74 Å². The average molecular weight is 307 g/mol. The van der Waals surface area contributed by atoms with Crippen LogP contribution in [0.3, 0.4) is 0 Å². The van der Waals surface area contributed by atoms with Crippen LogP contribution in [-0.4, -0.2) is 9.97 Å². The van der Waals surface area contributed by atoms with Gasteiger partial charge in [-0.2, -0.15) is 0 Å². The number of halogens is 1. The van der Waals surface area contributed by atoms with Crippen LogP contribution in [0.1, 0.15) is 26.3 Å². The van der Waals surface area contributed by atoms with E-state index in [1.54, 1.807) is 6.20 Å². The molecule has 4 heteroatoms. The second-order valence-electron chi connectivity index (χ2n) is 5.02. The van der Waals surface area contributed by atoms with Crippen molar-refractivity contribution in [3.8, 4) is 11.6 Å². The predicted octanol–water partition coefficient (Wildman–Crippen LogP) is 4.33. The molecule has 0 unspecified atom stereocenters. The molecule has 0 aliphatic carbocycles. The van der Waals surface area contributed by atoms with Crippen LogP contribution >= 0.6 is 15.9 Å². The van der Waals surface area contributed by atoms with Crippen molar-refractivity contribution >= 4 is 15.9 Å². The molecule has 1 heterocycles. The first-order chi connectivity index (χ1) is 8.48. The monoisotopic (exact) mass is 306 g/mol. The van der Waals surface area contributed by atoms with Gasteiger partial charge in [0, 0.05) is 11.8 Å². The Kier molecular flexibility index (Phi) is 3.66. The van der Waals surface area contributed by atoms with Gasteiger partial charge < -0.3 is 4.74 Å². The number of hydrogen-bond acceptors (Lipinski definition) is 3. The van der Waals surface area contributed by atoms with Crippen LogP contribution in [0.15, 0.2) is 41.3 Å². The third kappa shape index (κ3) is 2.88. The largest absolute Gasteiger partial charge is 0.437 e. The summed E-state index contributed by atoms with van der Waals surface area (Å²) < 4.78 is 6.61. The van der Waals surface area contributed by atoms with E-state index in [-0.39, 0.29) is 5.41 Å². The summed E-state index contributed by atoms with van der Waals surface area (Å²) >= 11 is 3.38. The zero-order chi connectivity index (χ0) is 13.2. The van der Waals surface area contributed by atoms with Crippen molar-refractivity contribution in [2.75, 3.05) is 0 Å². The fraction of sp³-hybridized carbons (Fsp3) is 0.286. The molecule has 3 nitrogen and oxygen atoms in total. The van der Waals surface area contributed by atoms with Crippen molar-refractivity contribution in [3.05, 3.63) is 46.8 Å². The van der Waals surface area contributed by atoms with Crippen molar-refractivity contribution in [1.29, 1.82) is 0 Å². The molecule has 0 aliphatic rings. The topological polar surface area (TPSA) is 35.0 Å². The molecular formula is C14H15BrN2O. The Morgan fingerprint density at radius 1 is 1.17 bits per heavy atom. The van der Waals surface area contributed by atoms with Gasteiger partial charge in [0.15, 0.2) is 0 Å². The Labute approximate surface area is 115 Å². The van der Waals surface area contributed by atoms with Gasteiger partial charge >= 0.3 is 0 Å². The standard InChI is InChI=1S/C14H15BrN2O/c1-14(2,3)10-6-4-5-7-12(10)18-13-11(15)8-16-9-17-13/h4-9H,1-3H3. The highest BCUT2D eigenvalue weighted by atomic mass is 79.9. The van der Waals surface area contributed by atoms with E-state index in [4.69, 9.17) is 4.74 Å². The summed E-state index contributed by atoms with van der Waals surface area (Å²) in [4.78, 5) is 8.04. The molecule has 0 saturated heterocycles. The number of ether oxygens (including phenoxy) is 1. The zero-order valence-electron chi connectivity index (χ0n) is 10.6. The van der Waals surface area contributed by atoms with E-state index in [2.05, 4.69) is 52.7 Å². The van der Waals surface area contributed by atoms with Gasteiger partial charge in [-0.05, 0) is 27.4 Å². The third-order valence-corrected chi connectivity index (χ3v) is 3.08. The molecular weight excluding hydrogens is 292 g/mol. The minimum absolute atomic E-state index is 0.0239. The van der Waals surface area contributed by atoms with Crippen LogP contribution in [-0.2, 0) is 5.41 Å². The maximum absolute atomic E-state index is 5.87. The molecule has 0 radical (unpaired) electrons. The lowest BCUT2D eigenvalue weighted by Crippen LogP contribution is -2.12. The van der Waals surface area contributed by atoms with Crippen LogP contribution in [0.25, 0.3) is 0 Å². The molecule has 2 aromatic rings. The van der Waals surface area contributed by atoms with E-state index >= 15 is 0 Å². The minimum Gasteiger partial charge on any atom is -0.437 e. The van der Waals surface area contributed by atoms with E-state index < -0.39 is 0 Å². The van der Waals surface area contributed by atoms with Gasteiger partial charge in [-0.3, -0.25) is 0 Å². The maximum atomic E-state index is 5.87. The number of hydrogen-bond donors (Lipinski definition) is 0. The van der Waals surface area contributed by atoms with Gasteiger partial charge in [0.05, 0.1) is 4.47 Å². The molecule has 0 aliphatic heterocycles. The van der Waals surface area contributed by atoms with Gasteiger partial charge in [0.25, 0.3) is 0 Å². The summed E-state index contributed by atoms with van der Waals surface area (Å²) in [5.41, 5.74) is 1.17. The van der Waals surface area contributed by atoms with Crippen LogP contribution in [0.2, 0.25) is 0 Å². The molecule has 0 fully saturated rings. The number of nitrogens with zero attached hydrogens (tertiary/aromatic N) is 2. The molecule has 0 N–H and O–H groups in total. The molecule has 0 amide bonds. The van der Waals surface area contributed by atoms with Gasteiger partial charge in [-0.15, -0.1) is 0 Å². The zero-order valence-corrected chi connectivity index (χ0v) is 12.2. The number of aromatic nitrogens is 2. The Bertz CT molecular complexity index is 549. The molecule has 94 valence electrons. The van der Waals surface area contributed by atoms with Crippen LogP contribution in [0.5, 0.6) is 11.6 Å². The fourth-order valence-corrected chi connectivity index (χ4v) is 1.96. The van der Waals surface area contributed by atoms with E-state index in [0.29, 0.717) is 5.88 Å². The van der Waals surface area contributed by atoms with Crippen molar-refractivity contribution in [1.82, 2.24) is 9.97 Å². The molecule has 0 atom stereocenters. The molecule has 0 saturated carbocycles. The van der Waals surface area contributed by atoms with Gasteiger partial charge in [-0.25, -0.2) is 9.97 Å². The first-order valence-corrected chi connectivity index (χ1v) is 6.50. The lowest BCUT2D eigenvalue weighted by molar-refractivity contribution is 0.436. The van der Waals surface area contributed by atoms with E-state index in [1.807, 2.05) is 18.2 Å². The molecule has 2 rings (SSSR count). The highest BCUT2D eigenvalue weighted by Crippen LogP contribution is 2.34. The number of rotatable bonds is 2. The molecule has 1 aromatic carbocycles. The van der Waals surface area contributed by atoms with Crippen LogP contribution in [0, 0.1) is 0 Å². The van der Waals surface area contributed by atoms with Crippen molar-refractivity contribution in [2.45, 2.75) is 26.2 Å². The maximum Gasteiger partial charge on any atom is 0.236 e. The molecule has 0 spiro atoms. The SMILES string of the molecule is CC(C)(C)c1ccccc1Oc1ncncc1Br. The molecule has 0 bridgehead atoms. The van der Waals surface area contributed by atoms with Crippen molar-refractivity contribution in [3.63, 3.8) is 0 Å². The summed E-state index contributed by atoms with van der Waals surface area (Å²) in [6.45, 7) is 6.47. The van der Waals surface area contributed by atoms with Crippen LogP contribution in [0.4, 0.5) is 0 Å². The Hall–Kier alpha value is -1.42. The Balaban J connectivity index is 2.39. The number of benzene rings is 1. The highest BCUT2D eigenvalue weighted by molar-refractivity contribution is 9.10. The Morgan fingerprint density at radius 3 is 2.56 bits per heavy atom. The minimum atomic E-state index is 0.0239. The normalized spacial score (nSPS) is 11.3. The predicted molar refractivity (Wildman–Crippen MR) is 74.9 cm³/mol.